The van der Waals surface area contributed by atoms with Gasteiger partial charge in [0.05, 0.1) is 31.2 Å². The number of fused-ring (bicyclic) bond motifs is 1. The Bertz CT molecular complexity index is 877. The number of aryl methyl sites for hydroxylation is 1. The van der Waals surface area contributed by atoms with Gasteiger partial charge in [-0.15, -0.1) is 0 Å². The number of hydrogen-bond donors (Lipinski definition) is 1. The Hall–Kier alpha value is -1.30. The van der Waals surface area contributed by atoms with Gasteiger partial charge in [-0.2, -0.15) is 0 Å². The summed E-state index contributed by atoms with van der Waals surface area (Å²) < 4.78 is 15.9. The Balaban J connectivity index is 2.37. The molecule has 0 spiro atoms. The molecule has 3 nitrogen and oxygen atoms in total. The summed E-state index contributed by atoms with van der Waals surface area (Å²) in [6.45, 7) is 1.86. The fraction of sp³-hybridized carbons (Fsp3) is 0.0714. The van der Waals surface area contributed by atoms with E-state index in [1.807, 2.05) is 6.92 Å². The first kappa shape index (κ1) is 14.6. The normalized spacial score (nSPS) is 11.3. The van der Waals surface area contributed by atoms with E-state index in [1.54, 1.807) is 22.8 Å². The van der Waals surface area contributed by atoms with Crippen molar-refractivity contribution in [1.29, 1.82) is 0 Å². The third-order valence-electron chi connectivity index (χ3n) is 3.20. The molecule has 0 aliphatic rings. The molecular weight excluding hydrogens is 380 g/mol. The lowest BCUT2D eigenvalue weighted by Gasteiger charge is -2.11. The lowest BCUT2D eigenvalue weighted by atomic mass is 10.2. The molecule has 2 aromatic carbocycles. The van der Waals surface area contributed by atoms with Crippen LogP contribution in [0.5, 0.6) is 0 Å². The predicted molar refractivity (Wildman–Crippen MR) is 87.9 cm³/mol. The second-order valence-electron chi connectivity index (χ2n) is 4.61. The van der Waals surface area contributed by atoms with Gasteiger partial charge in [0.25, 0.3) is 0 Å². The molecule has 0 aliphatic carbocycles. The molecule has 0 saturated carbocycles. The quantitative estimate of drug-likeness (QED) is 0.628. The average molecular weight is 389 g/mol. The molecule has 2 N–H and O–H groups in total. The van der Waals surface area contributed by atoms with Crippen molar-refractivity contribution in [2.45, 2.75) is 6.92 Å². The first-order chi connectivity index (χ1) is 9.88. The van der Waals surface area contributed by atoms with Gasteiger partial charge >= 0.3 is 0 Å². The molecule has 21 heavy (non-hydrogen) atoms. The number of hydrogen-bond acceptors (Lipinski definition) is 2. The smallest absolute Gasteiger partial charge is 0.205 e. The molecule has 0 fully saturated rings. The maximum atomic E-state index is 13.9. The number of anilines is 1. The van der Waals surface area contributed by atoms with Crippen LogP contribution in [0, 0.1) is 12.7 Å². The molecule has 0 atom stereocenters. The zero-order chi connectivity index (χ0) is 15.3. The van der Waals surface area contributed by atoms with E-state index in [4.69, 9.17) is 28.9 Å². The Morgan fingerprint density at radius 2 is 1.86 bits per heavy atom. The number of benzene rings is 2. The molecule has 1 aromatic heterocycles. The predicted octanol–water partition coefficient (Wildman–Crippen LogP) is 5.12. The molecule has 0 aliphatic heterocycles. The Labute approximate surface area is 138 Å². The summed E-state index contributed by atoms with van der Waals surface area (Å²) in [5.74, 6) is -0.134. The summed E-state index contributed by atoms with van der Waals surface area (Å²) in [5, 5.41) is 0.785. The Kier molecular flexibility index (Phi) is 3.59. The van der Waals surface area contributed by atoms with Crippen molar-refractivity contribution in [3.8, 4) is 5.69 Å². The standard InChI is InChI=1S/C14H9BrCl2FN3/c1-6-2-7(15)10(18)5-12(6)21-13-4-9(17)8(16)3-11(13)20-14(21)19/h2-5H,1H3,(H2,19,20). The summed E-state index contributed by atoms with van der Waals surface area (Å²) in [5.41, 5.74) is 8.70. The highest BCUT2D eigenvalue weighted by Crippen LogP contribution is 2.33. The van der Waals surface area contributed by atoms with E-state index in [1.165, 1.54) is 6.07 Å². The van der Waals surface area contributed by atoms with E-state index in [2.05, 4.69) is 20.9 Å². The zero-order valence-corrected chi connectivity index (χ0v) is 13.9. The van der Waals surface area contributed by atoms with Crippen LogP contribution in [0.2, 0.25) is 10.0 Å². The monoisotopic (exact) mass is 387 g/mol. The fourth-order valence-electron chi connectivity index (χ4n) is 2.22. The van der Waals surface area contributed by atoms with Crippen molar-refractivity contribution in [3.05, 3.63) is 50.2 Å². The van der Waals surface area contributed by atoms with Crippen LogP contribution in [0.25, 0.3) is 16.7 Å². The van der Waals surface area contributed by atoms with Crippen molar-refractivity contribution in [3.63, 3.8) is 0 Å². The average Bonchev–Trinajstić information content (AvgIpc) is 2.70. The van der Waals surface area contributed by atoms with Gasteiger partial charge in [-0.1, -0.05) is 23.2 Å². The second kappa shape index (κ2) is 5.16. The highest BCUT2D eigenvalue weighted by atomic mass is 79.9. The molecule has 0 amide bonds. The number of aromatic nitrogens is 2. The van der Waals surface area contributed by atoms with E-state index in [9.17, 15) is 4.39 Å². The maximum absolute atomic E-state index is 13.9. The molecule has 3 aromatic rings. The minimum absolute atomic E-state index is 0.244. The number of rotatable bonds is 1. The Morgan fingerprint density at radius 3 is 2.57 bits per heavy atom. The van der Waals surface area contributed by atoms with Gasteiger partial charge in [-0.3, -0.25) is 4.57 Å². The largest absolute Gasteiger partial charge is 0.369 e. The number of nitrogen functional groups attached to an aromatic ring is 1. The number of imidazole rings is 1. The van der Waals surface area contributed by atoms with Crippen molar-refractivity contribution in [1.82, 2.24) is 9.55 Å². The van der Waals surface area contributed by atoms with Gasteiger partial charge in [-0.25, -0.2) is 9.37 Å². The molecule has 1 heterocycles. The van der Waals surface area contributed by atoms with Gasteiger partial charge < -0.3 is 5.73 Å². The molecule has 0 bridgehead atoms. The summed E-state index contributed by atoms with van der Waals surface area (Å²) in [7, 11) is 0. The highest BCUT2D eigenvalue weighted by Gasteiger charge is 2.15. The second-order valence-corrected chi connectivity index (χ2v) is 6.28. The third kappa shape index (κ3) is 2.39. The topological polar surface area (TPSA) is 43.8 Å². The minimum atomic E-state index is -0.378. The van der Waals surface area contributed by atoms with Crippen molar-refractivity contribution in [2.24, 2.45) is 0 Å². The van der Waals surface area contributed by atoms with Gasteiger partial charge in [0.2, 0.25) is 5.95 Å². The van der Waals surface area contributed by atoms with E-state index in [0.717, 1.165) is 5.56 Å². The van der Waals surface area contributed by atoms with Crippen molar-refractivity contribution >= 4 is 56.1 Å². The van der Waals surface area contributed by atoms with Gasteiger partial charge in [0.1, 0.15) is 5.82 Å². The van der Waals surface area contributed by atoms with Crippen LogP contribution in [0.4, 0.5) is 10.3 Å². The molecule has 3 rings (SSSR count). The van der Waals surface area contributed by atoms with Gasteiger partial charge in [0, 0.05) is 0 Å². The van der Waals surface area contributed by atoms with E-state index >= 15 is 0 Å². The summed E-state index contributed by atoms with van der Waals surface area (Å²) in [4.78, 5) is 4.25. The SMILES string of the molecule is Cc1cc(Br)c(F)cc1-n1c(N)nc2cc(Cl)c(Cl)cc21. The highest BCUT2D eigenvalue weighted by molar-refractivity contribution is 9.10. The maximum Gasteiger partial charge on any atom is 0.205 e. The van der Waals surface area contributed by atoms with Crippen molar-refractivity contribution < 1.29 is 4.39 Å². The fourth-order valence-corrected chi connectivity index (χ4v) is 2.99. The van der Waals surface area contributed by atoms with Crippen molar-refractivity contribution in [2.75, 3.05) is 5.73 Å². The van der Waals surface area contributed by atoms with Crippen LogP contribution >= 0.6 is 39.1 Å². The van der Waals surface area contributed by atoms with Crippen LogP contribution in [-0.2, 0) is 0 Å². The Morgan fingerprint density at radius 1 is 1.19 bits per heavy atom. The molecular formula is C14H9BrCl2FN3. The van der Waals surface area contributed by atoms with Crippen LogP contribution in [0.3, 0.4) is 0 Å². The van der Waals surface area contributed by atoms with Crippen LogP contribution in [0.1, 0.15) is 5.56 Å². The van der Waals surface area contributed by atoms with E-state index < -0.39 is 0 Å². The molecule has 0 unspecified atom stereocenters. The molecule has 0 saturated heterocycles. The minimum Gasteiger partial charge on any atom is -0.369 e. The molecule has 0 radical (unpaired) electrons. The van der Waals surface area contributed by atoms with E-state index in [-0.39, 0.29) is 11.8 Å². The van der Waals surface area contributed by atoms with Gasteiger partial charge in [-0.05, 0) is 52.7 Å². The molecule has 108 valence electrons. The molecule has 7 heteroatoms. The summed E-state index contributed by atoms with van der Waals surface area (Å²) >= 11 is 15.2. The lowest BCUT2D eigenvalue weighted by molar-refractivity contribution is 0.619. The van der Waals surface area contributed by atoms with Crippen LogP contribution in [0.15, 0.2) is 28.7 Å². The van der Waals surface area contributed by atoms with Crippen LogP contribution in [-0.4, -0.2) is 9.55 Å². The lowest BCUT2D eigenvalue weighted by Crippen LogP contribution is -2.03. The summed E-state index contributed by atoms with van der Waals surface area (Å²) in [6.07, 6.45) is 0. The zero-order valence-electron chi connectivity index (χ0n) is 10.8. The summed E-state index contributed by atoms with van der Waals surface area (Å²) in [6, 6.07) is 6.39. The van der Waals surface area contributed by atoms with Crippen LogP contribution < -0.4 is 5.73 Å². The first-order valence-electron chi connectivity index (χ1n) is 5.97. The third-order valence-corrected chi connectivity index (χ3v) is 4.53. The number of nitrogens with two attached hydrogens (primary N) is 1. The van der Waals surface area contributed by atoms with Gasteiger partial charge in [0.15, 0.2) is 0 Å². The number of nitrogens with zero attached hydrogens (tertiary/aromatic N) is 2. The number of halogens is 4. The van der Waals surface area contributed by atoms with E-state index in [0.29, 0.717) is 31.2 Å². The first-order valence-corrected chi connectivity index (χ1v) is 7.52.